The maximum absolute atomic E-state index is 13.2. The molecule has 0 spiro atoms. The van der Waals surface area contributed by atoms with Crippen molar-refractivity contribution in [3.63, 3.8) is 0 Å². The average Bonchev–Trinajstić information content (AvgIpc) is 2.90. The summed E-state index contributed by atoms with van der Waals surface area (Å²) in [5.41, 5.74) is 0.844. The highest BCUT2D eigenvalue weighted by atomic mass is 19.4. The van der Waals surface area contributed by atoms with Gasteiger partial charge in [-0.2, -0.15) is 23.1 Å². The van der Waals surface area contributed by atoms with Crippen LogP contribution in [0.25, 0.3) is 16.7 Å². The lowest BCUT2D eigenvalue weighted by molar-refractivity contribution is -0.137. The second-order valence-corrected chi connectivity index (χ2v) is 8.96. The van der Waals surface area contributed by atoms with Crippen molar-refractivity contribution in [2.24, 2.45) is 0 Å². The third-order valence-corrected chi connectivity index (χ3v) is 6.15. The number of halogens is 3. The fraction of sp³-hybridized carbons (Fsp3) is 0.107. The number of hydrogen-bond acceptors (Lipinski definition) is 7. The van der Waals surface area contributed by atoms with Gasteiger partial charge in [0.25, 0.3) is 5.91 Å². The number of carbonyl (C=O) groups excluding carboxylic acids is 1. The largest absolute Gasteiger partial charge is 0.508 e. The maximum atomic E-state index is 13.2. The Balaban J connectivity index is 1.47. The van der Waals surface area contributed by atoms with E-state index in [1.807, 2.05) is 0 Å². The first-order valence-electron chi connectivity index (χ1n) is 11.9. The van der Waals surface area contributed by atoms with E-state index in [-0.39, 0.29) is 28.6 Å². The average molecular weight is 547 g/mol. The zero-order valence-corrected chi connectivity index (χ0v) is 21.1. The number of fused-ring (bicyclic) bond motifs is 1. The van der Waals surface area contributed by atoms with Crippen LogP contribution in [0.1, 0.15) is 27.2 Å². The van der Waals surface area contributed by atoms with E-state index in [9.17, 15) is 27.9 Å². The predicted octanol–water partition coefficient (Wildman–Crippen LogP) is 5.51. The molecule has 0 aliphatic carbocycles. The Morgan fingerprint density at radius 1 is 0.950 bits per heavy atom. The van der Waals surface area contributed by atoms with Gasteiger partial charge >= 0.3 is 11.9 Å². The first-order chi connectivity index (χ1) is 19.0. The van der Waals surface area contributed by atoms with Crippen LogP contribution in [0.5, 0.6) is 5.75 Å². The van der Waals surface area contributed by atoms with Crippen LogP contribution < -0.4 is 16.3 Å². The molecule has 0 saturated carbocycles. The molecule has 5 rings (SSSR count). The van der Waals surface area contributed by atoms with Crippen molar-refractivity contribution in [1.29, 1.82) is 0 Å². The van der Waals surface area contributed by atoms with Crippen LogP contribution in [-0.4, -0.2) is 30.5 Å². The molecule has 1 amide bonds. The zero-order chi connectivity index (χ0) is 28.6. The number of benzene rings is 3. The summed E-state index contributed by atoms with van der Waals surface area (Å²) in [7, 11) is 0. The molecule has 2 heterocycles. The van der Waals surface area contributed by atoms with Crippen molar-refractivity contribution < 1.29 is 23.1 Å². The molecule has 5 aromatic rings. The molecule has 12 heteroatoms. The van der Waals surface area contributed by atoms with Crippen molar-refractivity contribution in [3.8, 4) is 11.4 Å². The van der Waals surface area contributed by atoms with Crippen LogP contribution >= 0.6 is 0 Å². The fourth-order valence-corrected chi connectivity index (χ4v) is 4.14. The molecule has 9 nitrogen and oxygen atoms in total. The van der Waals surface area contributed by atoms with Gasteiger partial charge in [-0.05, 0) is 61.9 Å². The van der Waals surface area contributed by atoms with Crippen LogP contribution in [0.3, 0.4) is 0 Å². The number of hydrogen-bond donors (Lipinski definition) is 3. The predicted molar refractivity (Wildman–Crippen MR) is 143 cm³/mol. The molecule has 0 unspecified atom stereocenters. The minimum atomic E-state index is -4.58. The van der Waals surface area contributed by atoms with E-state index < -0.39 is 23.3 Å². The fourth-order valence-electron chi connectivity index (χ4n) is 4.14. The summed E-state index contributed by atoms with van der Waals surface area (Å²) in [5, 5.41) is 15.7. The van der Waals surface area contributed by atoms with Gasteiger partial charge in [-0.25, -0.2) is 9.78 Å². The smallest absolute Gasteiger partial charge is 0.416 e. The number of anilines is 3. The number of nitrogens with zero attached hydrogens (tertiary/aromatic N) is 4. The van der Waals surface area contributed by atoms with Crippen molar-refractivity contribution in [2.75, 3.05) is 10.6 Å². The SMILES string of the molecule is Cc1ccc(NC(=O)c2cccc(C(F)(F)F)c2)cc1-n1c(C)c2cnc(Nc3cccc(O)c3)nc2nc1=O. The first kappa shape index (κ1) is 26.4. The van der Waals surface area contributed by atoms with Gasteiger partial charge in [0.15, 0.2) is 5.65 Å². The van der Waals surface area contributed by atoms with Gasteiger partial charge in [-0.3, -0.25) is 9.36 Å². The van der Waals surface area contributed by atoms with Crippen molar-refractivity contribution >= 4 is 34.3 Å². The molecule has 3 aromatic carbocycles. The van der Waals surface area contributed by atoms with E-state index in [1.54, 1.807) is 44.2 Å². The second kappa shape index (κ2) is 10.1. The van der Waals surface area contributed by atoms with Crippen LogP contribution in [0.15, 0.2) is 77.7 Å². The zero-order valence-electron chi connectivity index (χ0n) is 21.1. The second-order valence-electron chi connectivity index (χ2n) is 8.96. The number of alkyl halides is 3. The van der Waals surface area contributed by atoms with Crippen molar-refractivity contribution in [1.82, 2.24) is 19.5 Å². The molecule has 0 atom stereocenters. The third kappa shape index (κ3) is 5.32. The van der Waals surface area contributed by atoms with Gasteiger partial charge in [0.2, 0.25) is 5.95 Å². The molecule has 2 aromatic heterocycles. The number of aromatic hydroxyl groups is 1. The number of phenolic OH excluding ortho intramolecular Hbond substituents is 1. The van der Waals surface area contributed by atoms with Gasteiger partial charge in [0.1, 0.15) is 5.75 Å². The van der Waals surface area contributed by atoms with Gasteiger partial charge in [0.05, 0.1) is 16.6 Å². The van der Waals surface area contributed by atoms with Crippen LogP contribution in [-0.2, 0) is 6.18 Å². The molecule has 0 radical (unpaired) electrons. The Kier molecular flexibility index (Phi) is 6.68. The van der Waals surface area contributed by atoms with Crippen LogP contribution in [0, 0.1) is 13.8 Å². The number of carbonyl (C=O) groups is 1. The van der Waals surface area contributed by atoms with E-state index >= 15 is 0 Å². The number of aromatic nitrogens is 4. The summed E-state index contributed by atoms with van der Waals surface area (Å²) >= 11 is 0. The molecule has 0 saturated heterocycles. The highest BCUT2D eigenvalue weighted by Crippen LogP contribution is 2.30. The lowest BCUT2D eigenvalue weighted by Crippen LogP contribution is -2.25. The van der Waals surface area contributed by atoms with Crippen molar-refractivity contribution in [3.05, 3.63) is 106 Å². The normalized spacial score (nSPS) is 11.4. The summed E-state index contributed by atoms with van der Waals surface area (Å²) in [4.78, 5) is 38.6. The summed E-state index contributed by atoms with van der Waals surface area (Å²) < 4.78 is 40.6. The minimum Gasteiger partial charge on any atom is -0.508 e. The third-order valence-electron chi connectivity index (χ3n) is 6.15. The quantitative estimate of drug-likeness (QED) is 0.266. The van der Waals surface area contributed by atoms with Gasteiger partial charge in [-0.1, -0.05) is 18.2 Å². The first-order valence-corrected chi connectivity index (χ1v) is 11.9. The molecule has 202 valence electrons. The molecule has 3 N–H and O–H groups in total. The minimum absolute atomic E-state index is 0.0614. The molecule has 0 aliphatic heterocycles. The Morgan fingerprint density at radius 3 is 2.48 bits per heavy atom. The van der Waals surface area contributed by atoms with E-state index in [4.69, 9.17) is 0 Å². The van der Waals surface area contributed by atoms with Gasteiger partial charge < -0.3 is 15.7 Å². The number of nitrogens with one attached hydrogen (secondary N) is 2. The molecule has 0 bridgehead atoms. The standard InChI is InChI=1S/C28H21F3N6O3/c1-15-9-10-20(33-25(39)17-5-3-6-18(11-17)28(29,30)31)13-23(15)37-16(2)22-14-32-26(35-24(22)36-27(37)40)34-19-7-4-8-21(38)12-19/h3-14,38H,1-2H3,(H,33,39)(H,34,35,36,40). The van der Waals surface area contributed by atoms with Crippen molar-refractivity contribution in [2.45, 2.75) is 20.0 Å². The Hall–Kier alpha value is -5.26. The molecular formula is C28H21F3N6O3. The Bertz CT molecular complexity index is 1840. The number of phenols is 1. The summed E-state index contributed by atoms with van der Waals surface area (Å²) in [6.07, 6.45) is -3.07. The lowest BCUT2D eigenvalue weighted by atomic mass is 10.1. The highest BCUT2D eigenvalue weighted by Gasteiger charge is 2.31. The summed E-state index contributed by atoms with van der Waals surface area (Å²) in [5.74, 6) is -0.495. The molecule has 0 aliphatic rings. The molecular weight excluding hydrogens is 525 g/mol. The van der Waals surface area contributed by atoms with Crippen LogP contribution in [0.2, 0.25) is 0 Å². The van der Waals surface area contributed by atoms with Gasteiger partial charge in [0, 0.05) is 34.9 Å². The lowest BCUT2D eigenvalue weighted by Gasteiger charge is -2.16. The van der Waals surface area contributed by atoms with E-state index in [1.165, 1.54) is 29.0 Å². The topological polar surface area (TPSA) is 122 Å². The Morgan fingerprint density at radius 2 is 1.73 bits per heavy atom. The highest BCUT2D eigenvalue weighted by molar-refractivity contribution is 6.04. The summed E-state index contributed by atoms with van der Waals surface area (Å²) in [6, 6.07) is 15.3. The van der Waals surface area contributed by atoms with E-state index in [0.29, 0.717) is 28.0 Å². The number of amides is 1. The maximum Gasteiger partial charge on any atom is 0.416 e. The summed E-state index contributed by atoms with van der Waals surface area (Å²) in [6.45, 7) is 3.47. The molecule has 0 fully saturated rings. The van der Waals surface area contributed by atoms with Gasteiger partial charge in [-0.15, -0.1) is 0 Å². The number of rotatable bonds is 5. The van der Waals surface area contributed by atoms with Crippen LogP contribution in [0.4, 0.5) is 30.5 Å². The van der Waals surface area contributed by atoms with E-state index in [0.717, 1.165) is 18.2 Å². The Labute approximate surface area is 225 Å². The molecule has 40 heavy (non-hydrogen) atoms. The monoisotopic (exact) mass is 546 g/mol. The number of aryl methyl sites for hydroxylation is 2. The van der Waals surface area contributed by atoms with E-state index in [2.05, 4.69) is 25.6 Å².